The number of nitrogens with one attached hydrogen (secondary N) is 1. The maximum atomic E-state index is 12.4. The van der Waals surface area contributed by atoms with Gasteiger partial charge in [0.2, 0.25) is 11.7 Å². The van der Waals surface area contributed by atoms with Crippen molar-refractivity contribution in [2.75, 3.05) is 5.32 Å². The van der Waals surface area contributed by atoms with Crippen LogP contribution in [0.2, 0.25) is 0 Å². The van der Waals surface area contributed by atoms with Gasteiger partial charge in [-0.15, -0.1) is 11.3 Å². The Bertz CT molecular complexity index is 927. The maximum absolute atomic E-state index is 12.4. The summed E-state index contributed by atoms with van der Waals surface area (Å²) < 4.78 is 5.34. The Kier molecular flexibility index (Phi) is 4.15. The van der Waals surface area contributed by atoms with Crippen molar-refractivity contribution >= 4 is 22.9 Å². The molecule has 0 saturated carbocycles. The predicted molar refractivity (Wildman–Crippen MR) is 103 cm³/mol. The topological polar surface area (TPSA) is 68.0 Å². The minimum atomic E-state index is -0.180. The van der Waals surface area contributed by atoms with Gasteiger partial charge in [0.05, 0.1) is 4.88 Å². The Labute approximate surface area is 156 Å². The smallest absolute Gasteiger partial charge is 0.265 e. The molecule has 0 fully saturated rings. The zero-order valence-corrected chi connectivity index (χ0v) is 15.9. The third kappa shape index (κ3) is 3.29. The van der Waals surface area contributed by atoms with Gasteiger partial charge in [0.15, 0.2) is 0 Å². The normalized spacial score (nSPS) is 13.7. The summed E-state index contributed by atoms with van der Waals surface area (Å²) in [5.74, 6) is 1.12. The zero-order valence-electron chi connectivity index (χ0n) is 15.1. The fraction of sp³-hybridized carbons (Fsp3) is 0.350. The molecule has 1 aliphatic rings. The lowest BCUT2D eigenvalue weighted by atomic mass is 9.97. The van der Waals surface area contributed by atoms with Gasteiger partial charge in [-0.2, -0.15) is 4.98 Å². The summed E-state index contributed by atoms with van der Waals surface area (Å²) in [7, 11) is 0. The van der Waals surface area contributed by atoms with Crippen molar-refractivity contribution in [1.82, 2.24) is 10.1 Å². The summed E-state index contributed by atoms with van der Waals surface area (Å²) >= 11 is 1.61. The zero-order chi connectivity index (χ0) is 18.3. The second-order valence-corrected chi connectivity index (χ2v) is 8.75. The number of carbonyl (C=O) groups is 1. The van der Waals surface area contributed by atoms with Crippen LogP contribution in [0.15, 0.2) is 34.9 Å². The average molecular weight is 367 g/mol. The molecule has 4 rings (SSSR count). The van der Waals surface area contributed by atoms with Crippen molar-refractivity contribution in [3.05, 3.63) is 51.5 Å². The molecule has 3 aromatic rings. The van der Waals surface area contributed by atoms with Crippen molar-refractivity contribution in [1.29, 1.82) is 0 Å². The number of carbonyl (C=O) groups excluding carboxylic acids is 1. The Morgan fingerprint density at radius 2 is 1.96 bits per heavy atom. The maximum Gasteiger partial charge on any atom is 0.265 e. The molecule has 0 radical (unpaired) electrons. The second-order valence-electron chi connectivity index (χ2n) is 7.62. The number of nitrogens with zero attached hydrogens (tertiary/aromatic N) is 2. The van der Waals surface area contributed by atoms with Gasteiger partial charge in [-0.1, -0.05) is 25.9 Å². The molecule has 0 aliphatic heterocycles. The molecule has 2 heterocycles. The Hall–Kier alpha value is -2.47. The number of benzene rings is 1. The van der Waals surface area contributed by atoms with E-state index in [1.807, 2.05) is 51.1 Å². The van der Waals surface area contributed by atoms with E-state index in [0.29, 0.717) is 11.7 Å². The molecule has 2 aromatic heterocycles. The highest BCUT2D eigenvalue weighted by molar-refractivity contribution is 7.14. The van der Waals surface area contributed by atoms with E-state index in [1.54, 1.807) is 11.3 Å². The standard InChI is InChI=1S/C20H21N3O2S/c1-20(2,3)19-22-17(23-25-19)12-7-9-14(10-8-12)21-18(24)16-11-13-5-4-6-15(13)26-16/h7-11H,4-6H2,1-3H3,(H,21,24). The summed E-state index contributed by atoms with van der Waals surface area (Å²) in [4.78, 5) is 19.0. The van der Waals surface area contributed by atoms with E-state index in [1.165, 1.54) is 16.9 Å². The van der Waals surface area contributed by atoms with Gasteiger partial charge in [0.25, 0.3) is 5.91 Å². The molecule has 0 bridgehead atoms. The summed E-state index contributed by atoms with van der Waals surface area (Å²) in [6.07, 6.45) is 3.40. The number of rotatable bonds is 3. The fourth-order valence-electron chi connectivity index (χ4n) is 2.98. The SMILES string of the molecule is CC(C)(C)c1nc(-c2ccc(NC(=O)c3cc4c(s3)CCC4)cc2)no1. The molecule has 26 heavy (non-hydrogen) atoms. The van der Waals surface area contributed by atoms with Crippen LogP contribution in [0.4, 0.5) is 5.69 Å². The van der Waals surface area contributed by atoms with E-state index in [2.05, 4.69) is 15.5 Å². The first kappa shape index (κ1) is 17.0. The molecule has 0 unspecified atom stereocenters. The summed E-state index contributed by atoms with van der Waals surface area (Å²) in [6, 6.07) is 9.54. The minimum Gasteiger partial charge on any atom is -0.338 e. The monoisotopic (exact) mass is 367 g/mol. The van der Waals surface area contributed by atoms with Crippen molar-refractivity contribution in [3.8, 4) is 11.4 Å². The third-order valence-electron chi connectivity index (χ3n) is 4.44. The Morgan fingerprint density at radius 1 is 1.19 bits per heavy atom. The largest absolute Gasteiger partial charge is 0.338 e. The molecule has 0 saturated heterocycles. The molecular weight excluding hydrogens is 346 g/mol. The van der Waals surface area contributed by atoms with Gasteiger partial charge in [0.1, 0.15) is 0 Å². The number of aromatic nitrogens is 2. The number of thiophene rings is 1. The molecule has 1 aliphatic carbocycles. The first-order chi connectivity index (χ1) is 12.4. The lowest BCUT2D eigenvalue weighted by Crippen LogP contribution is -2.11. The van der Waals surface area contributed by atoms with Crippen molar-refractivity contribution < 1.29 is 9.32 Å². The number of aryl methyl sites for hydroxylation is 2. The van der Waals surface area contributed by atoms with Crippen LogP contribution in [0.5, 0.6) is 0 Å². The lowest BCUT2D eigenvalue weighted by Gasteiger charge is -2.10. The van der Waals surface area contributed by atoms with Crippen LogP contribution in [-0.4, -0.2) is 16.0 Å². The second kappa shape index (κ2) is 6.36. The molecule has 5 nitrogen and oxygen atoms in total. The molecule has 0 spiro atoms. The van der Waals surface area contributed by atoms with Crippen LogP contribution in [0.25, 0.3) is 11.4 Å². The van der Waals surface area contributed by atoms with Crippen molar-refractivity contribution in [3.63, 3.8) is 0 Å². The molecule has 134 valence electrons. The van der Waals surface area contributed by atoms with Gasteiger partial charge in [-0.25, -0.2) is 0 Å². The number of amides is 1. The van der Waals surface area contributed by atoms with Crippen LogP contribution >= 0.6 is 11.3 Å². The molecular formula is C20H21N3O2S. The number of hydrogen-bond donors (Lipinski definition) is 1. The van der Waals surface area contributed by atoms with Gasteiger partial charge < -0.3 is 9.84 Å². The Balaban J connectivity index is 1.47. The summed E-state index contributed by atoms with van der Waals surface area (Å²) in [5.41, 5.74) is 2.77. The molecule has 0 atom stereocenters. The lowest BCUT2D eigenvalue weighted by molar-refractivity contribution is 0.103. The highest BCUT2D eigenvalue weighted by atomic mass is 32.1. The van der Waals surface area contributed by atoms with Crippen molar-refractivity contribution in [2.45, 2.75) is 45.4 Å². The first-order valence-corrected chi connectivity index (χ1v) is 9.59. The quantitative estimate of drug-likeness (QED) is 0.719. The number of hydrogen-bond acceptors (Lipinski definition) is 5. The third-order valence-corrected chi connectivity index (χ3v) is 5.67. The van der Waals surface area contributed by atoms with Crippen molar-refractivity contribution in [2.24, 2.45) is 0 Å². The number of fused-ring (bicyclic) bond motifs is 1. The van der Waals surface area contributed by atoms with E-state index in [4.69, 9.17) is 4.52 Å². The van der Waals surface area contributed by atoms with Gasteiger partial charge in [0, 0.05) is 21.5 Å². The van der Waals surface area contributed by atoms with Gasteiger partial charge >= 0.3 is 0 Å². The van der Waals surface area contributed by atoms with E-state index >= 15 is 0 Å². The van der Waals surface area contributed by atoms with Crippen LogP contribution < -0.4 is 5.32 Å². The minimum absolute atomic E-state index is 0.0493. The van der Waals surface area contributed by atoms with Crippen LogP contribution in [-0.2, 0) is 18.3 Å². The van der Waals surface area contributed by atoms with Crippen LogP contribution in [0.1, 0.15) is 53.2 Å². The highest BCUT2D eigenvalue weighted by Gasteiger charge is 2.22. The molecule has 1 aromatic carbocycles. The summed E-state index contributed by atoms with van der Waals surface area (Å²) in [6.45, 7) is 6.09. The van der Waals surface area contributed by atoms with Crippen LogP contribution in [0.3, 0.4) is 0 Å². The number of anilines is 1. The van der Waals surface area contributed by atoms with Crippen LogP contribution in [0, 0.1) is 0 Å². The van der Waals surface area contributed by atoms with E-state index in [-0.39, 0.29) is 11.3 Å². The Morgan fingerprint density at radius 3 is 2.62 bits per heavy atom. The van der Waals surface area contributed by atoms with E-state index < -0.39 is 0 Å². The highest BCUT2D eigenvalue weighted by Crippen LogP contribution is 2.31. The molecule has 1 amide bonds. The summed E-state index contributed by atoms with van der Waals surface area (Å²) in [5, 5.41) is 7.01. The first-order valence-electron chi connectivity index (χ1n) is 8.78. The predicted octanol–water partition coefficient (Wildman–Crippen LogP) is 4.84. The van der Waals surface area contributed by atoms with Gasteiger partial charge in [-0.3, -0.25) is 4.79 Å². The molecule has 6 heteroatoms. The average Bonchev–Trinajstić information content (AvgIpc) is 3.30. The van der Waals surface area contributed by atoms with E-state index in [0.717, 1.165) is 29.0 Å². The fourth-order valence-corrected chi connectivity index (χ4v) is 4.13. The van der Waals surface area contributed by atoms with E-state index in [9.17, 15) is 4.79 Å². The van der Waals surface area contributed by atoms with Gasteiger partial charge in [-0.05, 0) is 55.2 Å². The molecule has 1 N–H and O–H groups in total.